The van der Waals surface area contributed by atoms with Gasteiger partial charge in [0.25, 0.3) is 11.1 Å². The first-order valence-electron chi connectivity index (χ1n) is 7.80. The molecule has 1 fully saturated rings. The molecule has 0 aromatic heterocycles. The van der Waals surface area contributed by atoms with Crippen LogP contribution in [0.5, 0.6) is 0 Å². The first-order chi connectivity index (χ1) is 12.4. The zero-order valence-corrected chi connectivity index (χ0v) is 14.7. The Balaban J connectivity index is 1.69. The van der Waals surface area contributed by atoms with E-state index in [0.29, 0.717) is 0 Å². The summed E-state index contributed by atoms with van der Waals surface area (Å²) in [5.74, 6) is -1.58. The maximum atomic E-state index is 13.1. The van der Waals surface area contributed by atoms with Crippen molar-refractivity contribution >= 4 is 40.6 Å². The summed E-state index contributed by atoms with van der Waals surface area (Å²) in [5, 5.41) is 1.96. The zero-order chi connectivity index (χ0) is 18.7. The number of nitrogens with one attached hydrogen (secondary N) is 1. The maximum Gasteiger partial charge on any atom is 0.294 e. The van der Waals surface area contributed by atoms with Gasteiger partial charge in [0, 0.05) is 5.69 Å². The average molecular weight is 370 g/mol. The normalized spacial score (nSPS) is 15.6. The van der Waals surface area contributed by atoms with Crippen molar-refractivity contribution in [3.8, 4) is 0 Å². The van der Waals surface area contributed by atoms with Crippen LogP contribution in [-0.4, -0.2) is 28.5 Å². The van der Waals surface area contributed by atoms with Gasteiger partial charge in [-0.2, -0.15) is 0 Å². The summed E-state index contributed by atoms with van der Waals surface area (Å²) in [6.45, 7) is 1.53. The molecule has 132 valence electrons. The topological polar surface area (TPSA) is 66.5 Å². The van der Waals surface area contributed by atoms with Gasteiger partial charge in [0.15, 0.2) is 0 Å². The van der Waals surface area contributed by atoms with E-state index in [1.165, 1.54) is 18.2 Å². The monoisotopic (exact) mass is 370 g/mol. The number of nitrogens with zero attached hydrogens (tertiary/aromatic N) is 1. The molecule has 0 bridgehead atoms. The number of imide groups is 1. The average Bonchev–Trinajstić information content (AvgIpc) is 2.84. The summed E-state index contributed by atoms with van der Waals surface area (Å²) in [4.78, 5) is 37.7. The molecule has 0 spiro atoms. The highest BCUT2D eigenvalue weighted by atomic mass is 32.2. The third-order valence-corrected chi connectivity index (χ3v) is 4.57. The number of thioether (sulfide) groups is 1. The van der Waals surface area contributed by atoms with E-state index in [1.54, 1.807) is 6.08 Å². The Bertz CT molecular complexity index is 909. The molecule has 1 aliphatic rings. The fourth-order valence-corrected chi connectivity index (χ4v) is 3.20. The lowest BCUT2D eigenvalue weighted by Gasteiger charge is -2.12. The highest BCUT2D eigenvalue weighted by Gasteiger charge is 2.36. The molecule has 0 aliphatic carbocycles. The fraction of sp³-hybridized carbons (Fsp3) is 0.105. The molecule has 7 heteroatoms. The maximum absolute atomic E-state index is 13.1. The molecule has 0 saturated carbocycles. The summed E-state index contributed by atoms with van der Waals surface area (Å²) >= 11 is 0.790. The van der Waals surface area contributed by atoms with Gasteiger partial charge in [0.2, 0.25) is 5.91 Å². The van der Waals surface area contributed by atoms with Crippen LogP contribution in [0, 0.1) is 12.7 Å². The number of benzene rings is 2. The van der Waals surface area contributed by atoms with E-state index in [4.69, 9.17) is 0 Å². The minimum atomic E-state index is -0.575. The molecular formula is C19H15FN2O3S. The van der Waals surface area contributed by atoms with E-state index >= 15 is 0 Å². The highest BCUT2D eigenvalue weighted by Crippen LogP contribution is 2.32. The van der Waals surface area contributed by atoms with Gasteiger partial charge in [-0.25, -0.2) is 4.39 Å². The second-order valence-corrected chi connectivity index (χ2v) is 6.73. The number of amides is 3. The van der Waals surface area contributed by atoms with Crippen molar-refractivity contribution in [2.75, 3.05) is 11.9 Å². The van der Waals surface area contributed by atoms with Crippen molar-refractivity contribution in [2.45, 2.75) is 6.92 Å². The van der Waals surface area contributed by atoms with Crippen LogP contribution in [0.3, 0.4) is 0 Å². The van der Waals surface area contributed by atoms with Crippen LogP contribution in [0.15, 0.2) is 53.4 Å². The number of halogens is 1. The van der Waals surface area contributed by atoms with Crippen LogP contribution in [0.25, 0.3) is 6.08 Å². The molecular weight excluding hydrogens is 355 g/mol. The number of hydrogen-bond acceptors (Lipinski definition) is 4. The summed E-state index contributed by atoms with van der Waals surface area (Å²) in [7, 11) is 0. The van der Waals surface area contributed by atoms with Gasteiger partial charge >= 0.3 is 0 Å². The molecule has 1 heterocycles. The van der Waals surface area contributed by atoms with Crippen molar-refractivity contribution in [1.29, 1.82) is 0 Å². The van der Waals surface area contributed by atoms with E-state index in [-0.39, 0.29) is 10.6 Å². The Kier molecular flexibility index (Phi) is 5.18. The minimum Gasteiger partial charge on any atom is -0.324 e. The third-order valence-electron chi connectivity index (χ3n) is 3.66. The first-order valence-corrected chi connectivity index (χ1v) is 8.61. The Morgan fingerprint density at radius 2 is 1.92 bits per heavy atom. The van der Waals surface area contributed by atoms with Crippen molar-refractivity contribution in [2.24, 2.45) is 0 Å². The summed E-state index contributed by atoms with van der Waals surface area (Å²) in [6.07, 6.45) is 1.62. The molecule has 0 atom stereocenters. The smallest absolute Gasteiger partial charge is 0.294 e. The van der Waals surface area contributed by atoms with Gasteiger partial charge in [-0.15, -0.1) is 0 Å². The van der Waals surface area contributed by atoms with Crippen LogP contribution in [0.2, 0.25) is 0 Å². The fourth-order valence-electron chi connectivity index (χ4n) is 2.36. The predicted octanol–water partition coefficient (Wildman–Crippen LogP) is 3.81. The first kappa shape index (κ1) is 17.9. The quantitative estimate of drug-likeness (QED) is 0.831. The Morgan fingerprint density at radius 1 is 1.19 bits per heavy atom. The lowest BCUT2D eigenvalue weighted by molar-refractivity contribution is -0.127. The summed E-state index contributed by atoms with van der Waals surface area (Å²) in [5.41, 5.74) is 2.15. The van der Waals surface area contributed by atoms with Gasteiger partial charge in [0.05, 0.1) is 4.91 Å². The molecule has 3 rings (SSSR count). The molecule has 5 nitrogen and oxygen atoms in total. The van der Waals surface area contributed by atoms with E-state index < -0.39 is 29.4 Å². The number of hydrogen-bond donors (Lipinski definition) is 1. The van der Waals surface area contributed by atoms with Gasteiger partial charge in [0.1, 0.15) is 12.4 Å². The molecule has 1 saturated heterocycles. The molecule has 1 N–H and O–H groups in total. The zero-order valence-electron chi connectivity index (χ0n) is 13.9. The standard InChI is InChI=1S/C19H15FN2O3S/c1-12-5-7-13(8-6-12)9-16-18(24)22(19(25)26-16)11-17(23)21-15-4-2-3-14(20)10-15/h2-10H,11H2,1H3,(H,21,23)/b16-9+. The van der Waals surface area contributed by atoms with Gasteiger partial charge in [-0.3, -0.25) is 19.3 Å². The number of aryl methyl sites for hydroxylation is 1. The lowest BCUT2D eigenvalue weighted by atomic mass is 10.1. The van der Waals surface area contributed by atoms with Crippen LogP contribution in [0.4, 0.5) is 14.9 Å². The number of rotatable bonds is 4. The minimum absolute atomic E-state index is 0.261. The summed E-state index contributed by atoms with van der Waals surface area (Å²) in [6, 6.07) is 12.9. The molecule has 2 aromatic carbocycles. The Hall–Kier alpha value is -2.93. The van der Waals surface area contributed by atoms with Gasteiger partial charge in [-0.1, -0.05) is 35.9 Å². The molecule has 3 amide bonds. The van der Waals surface area contributed by atoms with Crippen molar-refractivity contribution in [3.05, 3.63) is 70.4 Å². The van der Waals surface area contributed by atoms with E-state index in [1.807, 2.05) is 31.2 Å². The largest absolute Gasteiger partial charge is 0.324 e. The van der Waals surface area contributed by atoms with Crippen molar-refractivity contribution < 1.29 is 18.8 Å². The second-order valence-electron chi connectivity index (χ2n) is 5.74. The third kappa shape index (κ3) is 4.18. The number of carbonyl (C=O) groups is 3. The van der Waals surface area contributed by atoms with Crippen molar-refractivity contribution in [3.63, 3.8) is 0 Å². The number of anilines is 1. The summed E-state index contributed by atoms with van der Waals surface area (Å²) < 4.78 is 13.1. The molecule has 0 unspecified atom stereocenters. The Labute approximate surface area is 153 Å². The van der Waals surface area contributed by atoms with Gasteiger partial charge < -0.3 is 5.32 Å². The lowest BCUT2D eigenvalue weighted by Crippen LogP contribution is -2.36. The molecule has 2 aromatic rings. The van der Waals surface area contributed by atoms with Crippen LogP contribution in [-0.2, 0) is 9.59 Å². The SMILES string of the molecule is Cc1ccc(/C=C2/SC(=O)N(CC(=O)Nc3cccc(F)c3)C2=O)cc1. The predicted molar refractivity (Wildman–Crippen MR) is 98.9 cm³/mol. The van der Waals surface area contributed by atoms with Crippen molar-refractivity contribution in [1.82, 2.24) is 4.90 Å². The van der Waals surface area contributed by atoms with Crippen LogP contribution >= 0.6 is 11.8 Å². The second kappa shape index (κ2) is 7.53. The molecule has 0 radical (unpaired) electrons. The van der Waals surface area contributed by atoms with E-state index in [2.05, 4.69) is 5.32 Å². The van der Waals surface area contributed by atoms with E-state index in [0.717, 1.165) is 33.9 Å². The molecule has 26 heavy (non-hydrogen) atoms. The Morgan fingerprint density at radius 3 is 2.62 bits per heavy atom. The molecule has 1 aliphatic heterocycles. The van der Waals surface area contributed by atoms with E-state index in [9.17, 15) is 18.8 Å². The number of carbonyl (C=O) groups excluding carboxylic acids is 3. The van der Waals surface area contributed by atoms with Crippen LogP contribution < -0.4 is 5.32 Å². The van der Waals surface area contributed by atoms with Crippen LogP contribution in [0.1, 0.15) is 11.1 Å². The highest BCUT2D eigenvalue weighted by molar-refractivity contribution is 8.18. The van der Waals surface area contributed by atoms with Gasteiger partial charge in [-0.05, 0) is 48.5 Å².